The number of ether oxygens (including phenoxy) is 4. The molecule has 0 spiro atoms. The fraction of sp³-hybridized carbons (Fsp3) is 0.421. The summed E-state index contributed by atoms with van der Waals surface area (Å²) in [6.45, 7) is 46.5. The van der Waals surface area contributed by atoms with Crippen molar-refractivity contribution >= 4 is 43.1 Å². The Balaban J connectivity index is 1.28. The molecular weight excluding hydrogens is 977 g/mol. The third-order valence-electron chi connectivity index (χ3n) is 16.1. The summed E-state index contributed by atoms with van der Waals surface area (Å²) in [5, 5.41) is 7.88. The minimum absolute atomic E-state index is 0.0171. The molecule has 420 valence electrons. The zero-order valence-corrected chi connectivity index (χ0v) is 52.3. The summed E-state index contributed by atoms with van der Waals surface area (Å²) in [6.07, 6.45) is 4.21. The maximum Gasteiger partial charge on any atom is 0.136 e. The molecule has 0 saturated carbocycles. The molecule has 0 amide bonds. The van der Waals surface area contributed by atoms with Gasteiger partial charge in [0.05, 0.1) is 0 Å². The van der Waals surface area contributed by atoms with Gasteiger partial charge in [0.25, 0.3) is 0 Å². The first-order valence-corrected chi connectivity index (χ1v) is 29.4. The molecule has 0 N–H and O–H groups in total. The summed E-state index contributed by atoms with van der Waals surface area (Å²) in [5.41, 5.74) is 5.79. The van der Waals surface area contributed by atoms with Gasteiger partial charge in [0.2, 0.25) is 0 Å². The molecule has 0 radical (unpaired) electrons. The zero-order chi connectivity index (χ0) is 58.2. The van der Waals surface area contributed by atoms with Crippen LogP contribution in [0.15, 0.2) is 146 Å². The molecule has 80 heavy (non-hydrogen) atoms. The molecule has 9 aromatic rings. The minimum atomic E-state index is -0.0171. The second kappa shape index (κ2) is 20.8. The average Bonchev–Trinajstić information content (AvgIpc) is 3.34. The van der Waals surface area contributed by atoms with E-state index in [0.717, 1.165) is 115 Å². The number of fused-ring (bicyclic) bond motifs is 2. The molecule has 0 aliphatic heterocycles. The lowest BCUT2D eigenvalue weighted by Gasteiger charge is -2.33. The molecule has 0 unspecified atom stereocenters. The van der Waals surface area contributed by atoms with Crippen LogP contribution < -0.4 is 18.9 Å². The van der Waals surface area contributed by atoms with Crippen LogP contribution in [0.3, 0.4) is 0 Å². The highest BCUT2D eigenvalue weighted by Gasteiger charge is 2.32. The van der Waals surface area contributed by atoms with E-state index in [-0.39, 0.29) is 43.3 Å². The van der Waals surface area contributed by atoms with E-state index in [1.807, 2.05) is 0 Å². The molecule has 4 heteroatoms. The van der Waals surface area contributed by atoms with Gasteiger partial charge in [-0.05, 0) is 175 Å². The Kier molecular flexibility index (Phi) is 15.1. The molecule has 0 bridgehead atoms. The van der Waals surface area contributed by atoms with Crippen molar-refractivity contribution in [2.75, 3.05) is 0 Å². The average molecular weight is 1070 g/mol. The number of hydrogen-bond donors (Lipinski definition) is 0. The van der Waals surface area contributed by atoms with Crippen molar-refractivity contribution in [3.63, 3.8) is 0 Å². The molecule has 0 aromatic heterocycles. The quantitative estimate of drug-likeness (QED) is 0.0714. The largest absolute Gasteiger partial charge is 0.457 e. The van der Waals surface area contributed by atoms with E-state index in [2.05, 4.69) is 284 Å². The smallest absolute Gasteiger partial charge is 0.136 e. The lowest BCUT2D eigenvalue weighted by atomic mass is 9.72. The summed E-state index contributed by atoms with van der Waals surface area (Å²) >= 11 is 0. The SMILES string of the molecule is CC(C)(C)CC(C)(C)c1ccc(Oc2ccc3ccc(Oc4ccc(C(C)(C)CC(C)(C)C)cc4)c4c5c(Oc6ccc(C(C)(C)CC(C)(C)C)cc6)ccc6ccc(Oc7ccc(C(C)(C)CC(C)(C)C)cc7)c(c2c34)c65)cc1. The van der Waals surface area contributed by atoms with E-state index in [4.69, 9.17) is 18.9 Å². The van der Waals surface area contributed by atoms with Crippen LogP contribution in [-0.4, -0.2) is 0 Å². The molecule has 4 nitrogen and oxygen atoms in total. The first kappa shape index (κ1) is 58.1. The summed E-state index contributed by atoms with van der Waals surface area (Å²) < 4.78 is 28.9. The van der Waals surface area contributed by atoms with E-state index in [1.54, 1.807) is 0 Å². The Morgan fingerprint density at radius 2 is 0.388 bits per heavy atom. The lowest BCUT2D eigenvalue weighted by molar-refractivity contribution is 0.283. The van der Waals surface area contributed by atoms with E-state index in [9.17, 15) is 0 Å². The van der Waals surface area contributed by atoms with E-state index in [1.165, 1.54) is 22.3 Å². The summed E-state index contributed by atoms with van der Waals surface area (Å²) in [7, 11) is 0. The molecule has 0 heterocycles. The maximum atomic E-state index is 7.21. The molecule has 0 saturated heterocycles. The van der Waals surface area contributed by atoms with Crippen LogP contribution >= 0.6 is 0 Å². The van der Waals surface area contributed by atoms with Crippen LogP contribution in [0, 0.1) is 21.7 Å². The van der Waals surface area contributed by atoms with E-state index < -0.39 is 0 Å². The van der Waals surface area contributed by atoms with E-state index >= 15 is 0 Å². The highest BCUT2D eigenvalue weighted by atomic mass is 16.5. The van der Waals surface area contributed by atoms with Gasteiger partial charge in [-0.3, -0.25) is 0 Å². The Bertz CT molecular complexity index is 3160. The molecular formula is C76H92O4. The Hall–Kier alpha value is -6.52. The summed E-state index contributed by atoms with van der Waals surface area (Å²) in [4.78, 5) is 0. The second-order valence-corrected chi connectivity index (χ2v) is 30.9. The van der Waals surface area contributed by atoms with Gasteiger partial charge in [-0.2, -0.15) is 0 Å². The Morgan fingerprint density at radius 1 is 0.212 bits per heavy atom. The molecule has 9 aromatic carbocycles. The fourth-order valence-electron chi connectivity index (χ4n) is 14.2. The number of rotatable bonds is 16. The van der Waals surface area contributed by atoms with Crippen LogP contribution in [0.5, 0.6) is 46.0 Å². The van der Waals surface area contributed by atoms with Crippen LogP contribution in [-0.2, 0) is 21.7 Å². The van der Waals surface area contributed by atoms with Crippen molar-refractivity contribution in [2.24, 2.45) is 21.7 Å². The lowest BCUT2D eigenvalue weighted by Crippen LogP contribution is -2.24. The normalized spacial score (nSPS) is 13.4. The first-order chi connectivity index (χ1) is 37.0. The minimum Gasteiger partial charge on any atom is -0.457 e. The third-order valence-corrected chi connectivity index (χ3v) is 16.1. The molecule has 0 fully saturated rings. The molecule has 0 atom stereocenters. The van der Waals surface area contributed by atoms with Crippen molar-refractivity contribution in [3.05, 3.63) is 168 Å². The van der Waals surface area contributed by atoms with Gasteiger partial charge in [-0.1, -0.05) is 211 Å². The monoisotopic (exact) mass is 1070 g/mol. The van der Waals surface area contributed by atoms with Crippen molar-refractivity contribution in [1.29, 1.82) is 0 Å². The highest BCUT2D eigenvalue weighted by molar-refractivity contribution is 6.37. The third kappa shape index (κ3) is 13.0. The van der Waals surface area contributed by atoms with Gasteiger partial charge in [-0.25, -0.2) is 0 Å². The summed E-state index contributed by atoms with van der Waals surface area (Å²) in [6, 6.07) is 52.1. The van der Waals surface area contributed by atoms with Crippen molar-refractivity contribution in [3.8, 4) is 46.0 Å². The Labute approximate surface area is 480 Å². The van der Waals surface area contributed by atoms with Crippen LogP contribution in [0.25, 0.3) is 43.1 Å². The van der Waals surface area contributed by atoms with Crippen molar-refractivity contribution in [2.45, 2.75) is 186 Å². The molecule has 9 rings (SSSR count). The van der Waals surface area contributed by atoms with Crippen LogP contribution in [0.4, 0.5) is 0 Å². The van der Waals surface area contributed by atoms with Gasteiger partial charge in [0, 0.05) is 32.3 Å². The fourth-order valence-corrected chi connectivity index (χ4v) is 14.2. The summed E-state index contributed by atoms with van der Waals surface area (Å²) in [5.74, 6) is 5.96. The Morgan fingerprint density at radius 3 is 0.550 bits per heavy atom. The van der Waals surface area contributed by atoms with Gasteiger partial charge in [-0.15, -0.1) is 0 Å². The van der Waals surface area contributed by atoms with Gasteiger partial charge in [0.1, 0.15) is 46.0 Å². The van der Waals surface area contributed by atoms with Gasteiger partial charge in [0.15, 0.2) is 0 Å². The van der Waals surface area contributed by atoms with Crippen LogP contribution in [0.2, 0.25) is 0 Å². The topological polar surface area (TPSA) is 36.9 Å². The second-order valence-electron chi connectivity index (χ2n) is 30.9. The van der Waals surface area contributed by atoms with E-state index in [0.29, 0.717) is 0 Å². The van der Waals surface area contributed by atoms with Gasteiger partial charge >= 0.3 is 0 Å². The highest BCUT2D eigenvalue weighted by Crippen LogP contribution is 2.55. The first-order valence-electron chi connectivity index (χ1n) is 29.4. The van der Waals surface area contributed by atoms with Crippen molar-refractivity contribution < 1.29 is 18.9 Å². The number of benzene rings is 9. The predicted octanol–water partition coefficient (Wildman–Crippen LogP) is 23.8. The molecule has 0 aliphatic carbocycles. The molecule has 0 aliphatic rings. The standard InChI is InChI=1S/C76H92O4/c1-69(2,3)45-73(13,14)51-25-33-55(34-26-51)77-59-41-21-49-22-43-61(79-57-37-29-53(30-38-57)75(17,18)47-71(7,8)9)67-63(49)65(59)66-60(78-56-35-27-52(28-36-56)74(15,16)46-70(4,5)6)42-23-50-24-44-62(68(67)64(50)66)80-58-39-31-54(32-40-58)76(19,20)48-72(10,11)12/h21-44H,45-48H2,1-20H3. The van der Waals surface area contributed by atoms with Crippen LogP contribution in [0.1, 0.15) is 186 Å². The number of hydrogen-bond acceptors (Lipinski definition) is 4. The van der Waals surface area contributed by atoms with Gasteiger partial charge < -0.3 is 18.9 Å². The maximum absolute atomic E-state index is 7.21. The van der Waals surface area contributed by atoms with Crippen molar-refractivity contribution in [1.82, 2.24) is 0 Å². The predicted molar refractivity (Wildman–Crippen MR) is 342 cm³/mol. The zero-order valence-electron chi connectivity index (χ0n) is 52.3.